The summed E-state index contributed by atoms with van der Waals surface area (Å²) in [6, 6.07) is 8.56. The third kappa shape index (κ3) is 2.33. The molecule has 0 aliphatic heterocycles. The molecule has 3 aromatic rings. The number of nitrogens with one attached hydrogen (secondary N) is 1. The summed E-state index contributed by atoms with van der Waals surface area (Å²) >= 11 is 0. The van der Waals surface area contributed by atoms with Crippen molar-refractivity contribution in [1.29, 1.82) is 0 Å². The number of anilines is 1. The summed E-state index contributed by atoms with van der Waals surface area (Å²) in [6.45, 7) is 0. The molecule has 1 aromatic carbocycles. The number of ketones is 1. The Kier molecular flexibility index (Phi) is 3.18. The third-order valence-corrected chi connectivity index (χ3v) is 4.00. The molecule has 0 atom stereocenters. The molecule has 0 saturated heterocycles. The molecule has 0 saturated carbocycles. The first kappa shape index (κ1) is 14.2. The molecule has 0 bridgehead atoms. The van der Waals surface area contributed by atoms with Crippen molar-refractivity contribution in [3.8, 4) is 0 Å². The fraction of sp³-hybridized carbons (Fsp3) is 0.0714. The monoisotopic (exact) mass is 316 g/mol. The number of aromatic nitrogens is 3. The number of sulfone groups is 1. The van der Waals surface area contributed by atoms with E-state index in [2.05, 4.69) is 15.0 Å². The highest BCUT2D eigenvalue weighted by Gasteiger charge is 2.22. The van der Waals surface area contributed by atoms with Crippen LogP contribution in [0.15, 0.2) is 41.7 Å². The van der Waals surface area contributed by atoms with E-state index in [-0.39, 0.29) is 27.8 Å². The lowest BCUT2D eigenvalue weighted by molar-refractivity contribution is 0.104. The van der Waals surface area contributed by atoms with Crippen LogP contribution < -0.4 is 5.73 Å². The molecule has 0 aliphatic carbocycles. The van der Waals surface area contributed by atoms with Gasteiger partial charge in [-0.1, -0.05) is 30.3 Å². The Labute approximate surface area is 126 Å². The van der Waals surface area contributed by atoms with E-state index < -0.39 is 9.84 Å². The van der Waals surface area contributed by atoms with Gasteiger partial charge in [-0.15, -0.1) is 0 Å². The average Bonchev–Trinajstić information content (AvgIpc) is 2.81. The van der Waals surface area contributed by atoms with E-state index in [0.717, 1.165) is 6.26 Å². The summed E-state index contributed by atoms with van der Waals surface area (Å²) in [7, 11) is -3.58. The van der Waals surface area contributed by atoms with E-state index in [1.54, 1.807) is 30.3 Å². The van der Waals surface area contributed by atoms with Crippen molar-refractivity contribution in [2.24, 2.45) is 0 Å². The second kappa shape index (κ2) is 4.92. The molecule has 8 heteroatoms. The number of hydrogen-bond donors (Lipinski definition) is 2. The topological polar surface area (TPSA) is 119 Å². The van der Waals surface area contributed by atoms with Gasteiger partial charge in [-0.25, -0.2) is 18.4 Å². The van der Waals surface area contributed by atoms with Crippen LogP contribution in [0.1, 0.15) is 15.9 Å². The van der Waals surface area contributed by atoms with Gasteiger partial charge in [-0.05, 0) is 0 Å². The van der Waals surface area contributed by atoms with Gasteiger partial charge in [0, 0.05) is 11.8 Å². The zero-order valence-corrected chi connectivity index (χ0v) is 12.4. The van der Waals surface area contributed by atoms with Gasteiger partial charge >= 0.3 is 0 Å². The van der Waals surface area contributed by atoms with Crippen LogP contribution >= 0.6 is 0 Å². The SMILES string of the molecule is CS(=O)(=O)c1ncc2[nH]c(N)c(C(=O)c3ccccc3)c2n1. The maximum absolute atomic E-state index is 12.6. The first-order valence-corrected chi connectivity index (χ1v) is 8.21. The molecule has 2 aromatic heterocycles. The lowest BCUT2D eigenvalue weighted by Crippen LogP contribution is -2.07. The highest BCUT2D eigenvalue weighted by molar-refractivity contribution is 7.90. The maximum atomic E-state index is 12.6. The van der Waals surface area contributed by atoms with Crippen LogP contribution in [0.3, 0.4) is 0 Å². The number of rotatable bonds is 3. The van der Waals surface area contributed by atoms with E-state index >= 15 is 0 Å². The highest BCUT2D eigenvalue weighted by atomic mass is 32.2. The van der Waals surface area contributed by atoms with Crippen molar-refractivity contribution in [2.75, 3.05) is 12.0 Å². The van der Waals surface area contributed by atoms with E-state index in [4.69, 9.17) is 5.73 Å². The normalized spacial score (nSPS) is 11.7. The van der Waals surface area contributed by atoms with Gasteiger partial charge in [0.25, 0.3) is 0 Å². The molecule has 2 heterocycles. The van der Waals surface area contributed by atoms with Crippen LogP contribution in [-0.4, -0.2) is 35.4 Å². The Morgan fingerprint density at radius 1 is 1.23 bits per heavy atom. The predicted molar refractivity (Wildman–Crippen MR) is 81.3 cm³/mol. The molecule has 22 heavy (non-hydrogen) atoms. The average molecular weight is 316 g/mol. The van der Waals surface area contributed by atoms with E-state index in [0.29, 0.717) is 11.1 Å². The third-order valence-electron chi connectivity index (χ3n) is 3.14. The molecular weight excluding hydrogens is 304 g/mol. The minimum Gasteiger partial charge on any atom is -0.385 e. The van der Waals surface area contributed by atoms with Gasteiger partial charge in [0.1, 0.15) is 11.3 Å². The van der Waals surface area contributed by atoms with E-state index in [1.807, 2.05) is 0 Å². The van der Waals surface area contributed by atoms with Crippen LogP contribution in [-0.2, 0) is 9.84 Å². The van der Waals surface area contributed by atoms with E-state index in [9.17, 15) is 13.2 Å². The van der Waals surface area contributed by atoms with Crippen molar-refractivity contribution in [3.05, 3.63) is 47.7 Å². The smallest absolute Gasteiger partial charge is 0.247 e. The van der Waals surface area contributed by atoms with E-state index in [1.165, 1.54) is 6.20 Å². The van der Waals surface area contributed by atoms with Crippen LogP contribution in [0.4, 0.5) is 5.82 Å². The second-order valence-corrected chi connectivity index (χ2v) is 6.71. The van der Waals surface area contributed by atoms with Gasteiger partial charge in [-0.3, -0.25) is 4.79 Å². The summed E-state index contributed by atoms with van der Waals surface area (Å²) in [5.74, 6) is -0.202. The number of H-pyrrole nitrogens is 1. The molecule has 7 nitrogen and oxygen atoms in total. The minimum atomic E-state index is -3.58. The Hall–Kier alpha value is -2.74. The zero-order chi connectivity index (χ0) is 15.9. The van der Waals surface area contributed by atoms with Crippen LogP contribution in [0.2, 0.25) is 0 Å². The van der Waals surface area contributed by atoms with Gasteiger partial charge < -0.3 is 10.7 Å². The molecule has 3 N–H and O–H groups in total. The van der Waals surface area contributed by atoms with Crippen molar-refractivity contribution in [1.82, 2.24) is 15.0 Å². The van der Waals surface area contributed by atoms with Crippen molar-refractivity contribution >= 4 is 32.5 Å². The van der Waals surface area contributed by atoms with Crippen LogP contribution in [0.25, 0.3) is 11.0 Å². The number of carbonyl (C=O) groups excluding carboxylic acids is 1. The quantitative estimate of drug-likeness (QED) is 0.553. The minimum absolute atomic E-state index is 0.129. The summed E-state index contributed by atoms with van der Waals surface area (Å²) in [4.78, 5) is 23.1. The predicted octanol–water partition coefficient (Wildman–Crippen LogP) is 1.17. The maximum Gasteiger partial charge on any atom is 0.247 e. The number of aromatic amines is 1. The van der Waals surface area contributed by atoms with Gasteiger partial charge in [-0.2, -0.15) is 0 Å². The zero-order valence-electron chi connectivity index (χ0n) is 11.6. The number of hydrogen-bond acceptors (Lipinski definition) is 6. The molecule has 3 rings (SSSR count). The Balaban J connectivity index is 2.25. The van der Waals surface area contributed by atoms with Crippen molar-refractivity contribution in [3.63, 3.8) is 0 Å². The summed E-state index contributed by atoms with van der Waals surface area (Å²) in [5, 5.41) is -0.346. The fourth-order valence-electron chi connectivity index (χ4n) is 2.13. The first-order chi connectivity index (χ1) is 10.4. The summed E-state index contributed by atoms with van der Waals surface area (Å²) in [6.07, 6.45) is 2.31. The molecule has 112 valence electrons. The Morgan fingerprint density at radius 3 is 2.55 bits per heavy atom. The lowest BCUT2D eigenvalue weighted by atomic mass is 10.0. The highest BCUT2D eigenvalue weighted by Crippen LogP contribution is 2.25. The molecular formula is C14H12N4O3S. The van der Waals surface area contributed by atoms with Gasteiger partial charge in [0.05, 0.1) is 17.3 Å². The number of benzene rings is 1. The van der Waals surface area contributed by atoms with Crippen molar-refractivity contribution in [2.45, 2.75) is 5.16 Å². The molecule has 0 spiro atoms. The van der Waals surface area contributed by atoms with Crippen molar-refractivity contribution < 1.29 is 13.2 Å². The molecule has 0 radical (unpaired) electrons. The number of fused-ring (bicyclic) bond motifs is 1. The largest absolute Gasteiger partial charge is 0.385 e. The summed E-state index contributed by atoms with van der Waals surface area (Å²) < 4.78 is 23.2. The standard InChI is InChI=1S/C14H12N4O3S/c1-22(20,21)14-16-7-9-11(18-14)10(13(15)17-9)12(19)8-5-3-2-4-6-8/h2-7,17H,15H2,1H3. The number of nitrogens with zero attached hydrogens (tertiary/aromatic N) is 2. The molecule has 0 aliphatic rings. The van der Waals surface area contributed by atoms with Gasteiger partial charge in [0.2, 0.25) is 15.0 Å². The Bertz CT molecular complexity index is 978. The summed E-state index contributed by atoms with van der Waals surface area (Å²) in [5.41, 5.74) is 7.05. The Morgan fingerprint density at radius 2 is 1.91 bits per heavy atom. The molecule has 0 amide bonds. The number of nitrogens with two attached hydrogens (primary N) is 1. The number of carbonyl (C=O) groups is 1. The van der Waals surface area contributed by atoms with Gasteiger partial charge in [0.15, 0.2) is 5.78 Å². The first-order valence-electron chi connectivity index (χ1n) is 6.32. The molecule has 0 fully saturated rings. The lowest BCUT2D eigenvalue weighted by Gasteiger charge is -2.01. The second-order valence-electron chi connectivity index (χ2n) is 4.80. The van der Waals surface area contributed by atoms with Crippen LogP contribution in [0.5, 0.6) is 0 Å². The number of nitrogen functional groups attached to an aromatic ring is 1. The molecule has 0 unspecified atom stereocenters. The van der Waals surface area contributed by atoms with Crippen LogP contribution in [0, 0.1) is 0 Å². The fourth-order valence-corrected chi connectivity index (χ4v) is 2.63.